The second-order valence-corrected chi connectivity index (χ2v) is 9.17. The van der Waals surface area contributed by atoms with Gasteiger partial charge in [0.1, 0.15) is 0 Å². The van der Waals surface area contributed by atoms with E-state index in [0.29, 0.717) is 6.42 Å². The van der Waals surface area contributed by atoms with Crippen molar-refractivity contribution in [2.75, 3.05) is 13.1 Å². The van der Waals surface area contributed by atoms with Crippen LogP contribution in [-0.2, 0) is 20.2 Å². The van der Waals surface area contributed by atoms with Gasteiger partial charge in [0, 0.05) is 13.1 Å². The smallest absolute Gasteiger partial charge is 0.310 e. The Morgan fingerprint density at radius 1 is 1.23 bits per heavy atom. The Morgan fingerprint density at radius 2 is 1.77 bits per heavy atom. The van der Waals surface area contributed by atoms with Crippen LogP contribution in [0, 0.1) is 5.41 Å². The van der Waals surface area contributed by atoms with Crippen LogP contribution in [0.2, 0.25) is 0 Å². The lowest BCUT2D eigenvalue weighted by atomic mass is 9.87. The fourth-order valence-electron chi connectivity index (χ4n) is 2.57. The predicted octanol–water partition coefficient (Wildman–Crippen LogP) is 2.47. The second kappa shape index (κ2) is 5.35. The number of carbonyl (C=O) groups is 1. The number of carboxylic acids is 1. The minimum absolute atomic E-state index is 0.0195. The van der Waals surface area contributed by atoms with Gasteiger partial charge in [-0.1, -0.05) is 32.9 Å². The lowest BCUT2D eigenvalue weighted by molar-refractivity contribution is -0.146. The summed E-state index contributed by atoms with van der Waals surface area (Å²) in [6.07, 6.45) is 0.335. The summed E-state index contributed by atoms with van der Waals surface area (Å²) in [4.78, 5) is 11.5. The average molecular weight is 325 g/mol. The molecule has 1 fully saturated rings. The van der Waals surface area contributed by atoms with Crippen molar-refractivity contribution in [3.8, 4) is 0 Å². The molecule has 5 nitrogen and oxygen atoms in total. The van der Waals surface area contributed by atoms with Gasteiger partial charge >= 0.3 is 5.97 Å². The van der Waals surface area contributed by atoms with Gasteiger partial charge in [-0.25, -0.2) is 8.42 Å². The van der Waals surface area contributed by atoms with E-state index in [2.05, 4.69) is 20.8 Å². The molecular formula is C16H23NO4S. The summed E-state index contributed by atoms with van der Waals surface area (Å²) in [7, 11) is -3.64. The summed E-state index contributed by atoms with van der Waals surface area (Å²) in [5, 5.41) is 9.23. The van der Waals surface area contributed by atoms with E-state index < -0.39 is 21.4 Å². The zero-order chi connectivity index (χ0) is 16.8. The SMILES string of the molecule is CC1(C(=O)O)CCN(S(=O)(=O)c2ccc(C(C)(C)C)cc2)C1. The van der Waals surface area contributed by atoms with Crippen LogP contribution in [0.1, 0.15) is 39.7 Å². The Labute approximate surface area is 132 Å². The van der Waals surface area contributed by atoms with Gasteiger partial charge in [0.25, 0.3) is 0 Å². The summed E-state index contributed by atoms with van der Waals surface area (Å²) in [5.74, 6) is -0.951. The maximum Gasteiger partial charge on any atom is 0.310 e. The van der Waals surface area contributed by atoms with Crippen LogP contribution in [0.3, 0.4) is 0 Å². The third-order valence-electron chi connectivity index (χ3n) is 4.31. The van der Waals surface area contributed by atoms with Gasteiger partial charge in [-0.2, -0.15) is 4.31 Å². The minimum Gasteiger partial charge on any atom is -0.481 e. The van der Waals surface area contributed by atoms with E-state index in [4.69, 9.17) is 0 Å². The van der Waals surface area contributed by atoms with Gasteiger partial charge < -0.3 is 5.11 Å². The molecule has 0 spiro atoms. The molecule has 0 saturated carbocycles. The van der Waals surface area contributed by atoms with Gasteiger partial charge in [0.15, 0.2) is 0 Å². The molecule has 0 amide bonds. The third kappa shape index (κ3) is 3.03. The second-order valence-electron chi connectivity index (χ2n) is 7.23. The highest BCUT2D eigenvalue weighted by Crippen LogP contribution is 2.34. The lowest BCUT2D eigenvalue weighted by Crippen LogP contribution is -2.34. The van der Waals surface area contributed by atoms with Crippen molar-refractivity contribution in [3.05, 3.63) is 29.8 Å². The number of aliphatic carboxylic acids is 1. The Balaban J connectivity index is 2.27. The Bertz CT molecular complexity index is 673. The minimum atomic E-state index is -3.64. The van der Waals surface area contributed by atoms with Crippen LogP contribution in [0.4, 0.5) is 0 Å². The van der Waals surface area contributed by atoms with Crippen LogP contribution in [0.5, 0.6) is 0 Å². The van der Waals surface area contributed by atoms with Crippen molar-refractivity contribution in [1.82, 2.24) is 4.31 Å². The van der Waals surface area contributed by atoms with Crippen LogP contribution < -0.4 is 0 Å². The van der Waals surface area contributed by atoms with Crippen molar-refractivity contribution in [2.24, 2.45) is 5.41 Å². The molecule has 122 valence electrons. The first-order chi connectivity index (χ1) is 9.97. The van der Waals surface area contributed by atoms with E-state index in [-0.39, 0.29) is 23.4 Å². The Kier molecular flexibility index (Phi) is 4.13. The normalized spacial score (nSPS) is 23.6. The van der Waals surface area contributed by atoms with Crippen molar-refractivity contribution in [2.45, 2.75) is 44.4 Å². The molecule has 1 aromatic rings. The predicted molar refractivity (Wildman–Crippen MR) is 84.3 cm³/mol. The topological polar surface area (TPSA) is 74.7 Å². The molecule has 0 aromatic heterocycles. The highest BCUT2D eigenvalue weighted by molar-refractivity contribution is 7.89. The molecule has 0 bridgehead atoms. The molecule has 22 heavy (non-hydrogen) atoms. The molecule has 2 rings (SSSR count). The molecular weight excluding hydrogens is 302 g/mol. The van der Waals surface area contributed by atoms with E-state index in [0.717, 1.165) is 5.56 Å². The highest BCUT2D eigenvalue weighted by atomic mass is 32.2. The number of benzene rings is 1. The summed E-state index contributed by atoms with van der Waals surface area (Å²) in [6.45, 7) is 8.05. The standard InChI is InChI=1S/C16H23NO4S/c1-15(2,3)12-5-7-13(8-6-12)22(20,21)17-10-9-16(4,11-17)14(18)19/h5-8H,9-11H2,1-4H3,(H,18,19). The molecule has 1 aliphatic rings. The molecule has 1 unspecified atom stereocenters. The summed E-state index contributed by atoms with van der Waals surface area (Å²) in [6, 6.07) is 6.84. The van der Waals surface area contributed by atoms with Crippen molar-refractivity contribution in [1.29, 1.82) is 0 Å². The number of carboxylic acid groups (broad SMARTS) is 1. The third-order valence-corrected chi connectivity index (χ3v) is 6.17. The summed E-state index contributed by atoms with van der Waals surface area (Å²) < 4.78 is 26.5. The van der Waals surface area contributed by atoms with Gasteiger partial charge in [-0.05, 0) is 36.5 Å². The fourth-order valence-corrected chi connectivity index (χ4v) is 4.14. The Hall–Kier alpha value is -1.40. The Morgan fingerprint density at radius 3 is 2.18 bits per heavy atom. The van der Waals surface area contributed by atoms with Gasteiger partial charge in [-0.15, -0.1) is 0 Å². The average Bonchev–Trinajstić information content (AvgIpc) is 2.83. The molecule has 0 aliphatic carbocycles. The van der Waals surface area contributed by atoms with Gasteiger partial charge in [0.2, 0.25) is 10.0 Å². The molecule has 1 saturated heterocycles. The number of hydrogen-bond acceptors (Lipinski definition) is 3. The molecule has 1 N–H and O–H groups in total. The molecule has 1 aromatic carbocycles. The molecule has 1 heterocycles. The van der Waals surface area contributed by atoms with Crippen LogP contribution >= 0.6 is 0 Å². The van der Waals surface area contributed by atoms with E-state index in [1.807, 2.05) is 12.1 Å². The lowest BCUT2D eigenvalue weighted by Gasteiger charge is -2.22. The van der Waals surface area contributed by atoms with Crippen LogP contribution in [0.15, 0.2) is 29.2 Å². The zero-order valence-electron chi connectivity index (χ0n) is 13.5. The van der Waals surface area contributed by atoms with Crippen LogP contribution in [0.25, 0.3) is 0 Å². The highest BCUT2D eigenvalue weighted by Gasteiger charge is 2.44. The molecule has 1 aliphatic heterocycles. The first kappa shape index (κ1) is 17.0. The summed E-state index contributed by atoms with van der Waals surface area (Å²) >= 11 is 0. The van der Waals surface area contributed by atoms with E-state index in [9.17, 15) is 18.3 Å². The number of sulfonamides is 1. The van der Waals surface area contributed by atoms with E-state index in [1.54, 1.807) is 19.1 Å². The largest absolute Gasteiger partial charge is 0.481 e. The maximum atomic E-state index is 12.6. The first-order valence-corrected chi connectivity index (χ1v) is 8.75. The quantitative estimate of drug-likeness (QED) is 0.926. The number of rotatable bonds is 3. The van der Waals surface area contributed by atoms with E-state index >= 15 is 0 Å². The molecule has 1 atom stereocenters. The first-order valence-electron chi connectivity index (χ1n) is 7.31. The van der Waals surface area contributed by atoms with Crippen molar-refractivity contribution < 1.29 is 18.3 Å². The zero-order valence-corrected chi connectivity index (χ0v) is 14.3. The van der Waals surface area contributed by atoms with Crippen molar-refractivity contribution in [3.63, 3.8) is 0 Å². The van der Waals surface area contributed by atoms with Crippen LogP contribution in [-0.4, -0.2) is 36.9 Å². The monoisotopic (exact) mass is 325 g/mol. The fraction of sp³-hybridized carbons (Fsp3) is 0.562. The van der Waals surface area contributed by atoms with Gasteiger partial charge in [-0.3, -0.25) is 4.79 Å². The molecule has 0 radical (unpaired) electrons. The van der Waals surface area contributed by atoms with Gasteiger partial charge in [0.05, 0.1) is 10.3 Å². The molecule has 6 heteroatoms. The summed E-state index contributed by atoms with van der Waals surface area (Å²) in [5.41, 5.74) is 0.0132. The van der Waals surface area contributed by atoms with Crippen molar-refractivity contribution >= 4 is 16.0 Å². The maximum absolute atomic E-state index is 12.6. The number of nitrogens with zero attached hydrogens (tertiary/aromatic N) is 1. The number of hydrogen-bond donors (Lipinski definition) is 1. The van der Waals surface area contributed by atoms with E-state index in [1.165, 1.54) is 4.31 Å².